The van der Waals surface area contributed by atoms with E-state index < -0.39 is 21.5 Å². The van der Waals surface area contributed by atoms with E-state index in [1.807, 2.05) is 0 Å². The lowest BCUT2D eigenvalue weighted by Gasteiger charge is -2.10. The molecule has 0 aliphatic carbocycles. The number of rotatable bonds is 4. The van der Waals surface area contributed by atoms with Crippen molar-refractivity contribution in [1.82, 2.24) is 5.32 Å². The van der Waals surface area contributed by atoms with Gasteiger partial charge in [-0.3, -0.25) is 0 Å². The van der Waals surface area contributed by atoms with Gasteiger partial charge in [0.2, 0.25) is 0 Å². The highest BCUT2D eigenvalue weighted by Gasteiger charge is 2.30. The molecule has 0 saturated carbocycles. The van der Waals surface area contributed by atoms with Gasteiger partial charge in [-0.1, -0.05) is 0 Å². The molecule has 0 radical (unpaired) electrons. The Morgan fingerprint density at radius 1 is 1.22 bits per heavy atom. The topological polar surface area (TPSA) is 46.2 Å². The van der Waals surface area contributed by atoms with Crippen LogP contribution in [0.3, 0.4) is 0 Å². The SMILES string of the molecule is O=S1(=O)CCCC1CNCc1cc(F)cc(F)c1. The van der Waals surface area contributed by atoms with E-state index in [2.05, 4.69) is 5.32 Å². The van der Waals surface area contributed by atoms with Crippen LogP contribution in [-0.4, -0.2) is 26.0 Å². The maximum absolute atomic E-state index is 12.9. The zero-order valence-electron chi connectivity index (χ0n) is 9.83. The number of halogens is 2. The van der Waals surface area contributed by atoms with Crippen LogP contribution in [-0.2, 0) is 16.4 Å². The van der Waals surface area contributed by atoms with E-state index >= 15 is 0 Å². The molecule has 1 aliphatic heterocycles. The second-order valence-corrected chi connectivity index (χ2v) is 6.94. The van der Waals surface area contributed by atoms with Crippen LogP contribution in [0.1, 0.15) is 18.4 Å². The Bertz CT molecular complexity index is 511. The molecule has 0 amide bonds. The van der Waals surface area contributed by atoms with Crippen molar-refractivity contribution in [2.75, 3.05) is 12.3 Å². The minimum absolute atomic E-state index is 0.244. The predicted octanol–water partition coefficient (Wildman–Crippen LogP) is 1.63. The van der Waals surface area contributed by atoms with Gasteiger partial charge in [0.15, 0.2) is 9.84 Å². The monoisotopic (exact) mass is 275 g/mol. The highest BCUT2D eigenvalue weighted by Crippen LogP contribution is 2.19. The normalized spacial score (nSPS) is 22.2. The minimum Gasteiger partial charge on any atom is -0.311 e. The second kappa shape index (κ2) is 5.32. The first kappa shape index (κ1) is 13.4. The Morgan fingerprint density at radius 3 is 2.44 bits per heavy atom. The Kier molecular flexibility index (Phi) is 3.97. The van der Waals surface area contributed by atoms with E-state index in [0.29, 0.717) is 24.9 Å². The molecular weight excluding hydrogens is 260 g/mol. The van der Waals surface area contributed by atoms with Crippen LogP contribution < -0.4 is 5.32 Å². The van der Waals surface area contributed by atoms with Crippen molar-refractivity contribution in [3.05, 3.63) is 35.4 Å². The number of benzene rings is 1. The van der Waals surface area contributed by atoms with E-state index in [1.54, 1.807) is 0 Å². The van der Waals surface area contributed by atoms with E-state index in [1.165, 1.54) is 12.1 Å². The van der Waals surface area contributed by atoms with Gasteiger partial charge in [-0.05, 0) is 30.5 Å². The van der Waals surface area contributed by atoms with Crippen molar-refractivity contribution in [3.63, 3.8) is 0 Å². The van der Waals surface area contributed by atoms with Crippen molar-refractivity contribution >= 4 is 9.84 Å². The lowest BCUT2D eigenvalue weighted by atomic mass is 10.2. The molecule has 1 heterocycles. The Labute approximate surface area is 105 Å². The molecule has 1 aromatic rings. The second-order valence-electron chi connectivity index (χ2n) is 4.54. The van der Waals surface area contributed by atoms with E-state index in [0.717, 1.165) is 6.07 Å². The average molecular weight is 275 g/mol. The quantitative estimate of drug-likeness (QED) is 0.908. The summed E-state index contributed by atoms with van der Waals surface area (Å²) in [5.41, 5.74) is 0.475. The molecule has 0 bridgehead atoms. The lowest BCUT2D eigenvalue weighted by molar-refractivity contribution is 0.564. The van der Waals surface area contributed by atoms with Gasteiger partial charge < -0.3 is 5.32 Å². The third-order valence-corrected chi connectivity index (χ3v) is 5.36. The van der Waals surface area contributed by atoms with Gasteiger partial charge in [0.25, 0.3) is 0 Å². The molecule has 1 unspecified atom stereocenters. The van der Waals surface area contributed by atoms with Crippen LogP contribution in [0.4, 0.5) is 8.78 Å². The standard InChI is InChI=1S/C12H15F2NO2S/c13-10-4-9(5-11(14)6-10)7-15-8-12-2-1-3-18(12,16)17/h4-6,12,15H,1-3,7-8H2. The van der Waals surface area contributed by atoms with Crippen LogP contribution in [0.5, 0.6) is 0 Å². The van der Waals surface area contributed by atoms with Crippen molar-refractivity contribution < 1.29 is 17.2 Å². The number of sulfone groups is 1. The summed E-state index contributed by atoms with van der Waals surface area (Å²) in [6.45, 7) is 0.598. The molecule has 1 fully saturated rings. The molecule has 18 heavy (non-hydrogen) atoms. The van der Waals surface area contributed by atoms with Crippen LogP contribution in [0, 0.1) is 11.6 Å². The van der Waals surface area contributed by atoms with Crippen LogP contribution >= 0.6 is 0 Å². The third-order valence-electron chi connectivity index (χ3n) is 3.09. The van der Waals surface area contributed by atoms with Crippen molar-refractivity contribution in [2.45, 2.75) is 24.6 Å². The minimum atomic E-state index is -2.97. The Balaban J connectivity index is 1.89. The molecular formula is C12H15F2NO2S. The first-order valence-electron chi connectivity index (χ1n) is 5.84. The van der Waals surface area contributed by atoms with Crippen LogP contribution in [0.2, 0.25) is 0 Å². The first-order valence-corrected chi connectivity index (χ1v) is 7.56. The fourth-order valence-corrected chi connectivity index (χ4v) is 3.98. The highest BCUT2D eigenvalue weighted by molar-refractivity contribution is 7.92. The zero-order chi connectivity index (χ0) is 13.2. The summed E-state index contributed by atoms with van der Waals surface area (Å²) in [6, 6.07) is 3.28. The molecule has 1 aliphatic rings. The van der Waals surface area contributed by atoms with E-state index in [-0.39, 0.29) is 17.5 Å². The van der Waals surface area contributed by atoms with Gasteiger partial charge in [-0.15, -0.1) is 0 Å². The summed E-state index contributed by atoms with van der Waals surface area (Å²) in [4.78, 5) is 0. The van der Waals surface area contributed by atoms with Gasteiger partial charge in [-0.25, -0.2) is 17.2 Å². The zero-order valence-corrected chi connectivity index (χ0v) is 10.6. The summed E-state index contributed by atoms with van der Waals surface area (Å²) in [5.74, 6) is -1.01. The van der Waals surface area contributed by atoms with E-state index in [9.17, 15) is 17.2 Å². The van der Waals surface area contributed by atoms with Gasteiger partial charge in [0.1, 0.15) is 11.6 Å². The molecule has 1 N–H and O–H groups in total. The van der Waals surface area contributed by atoms with Crippen LogP contribution in [0.25, 0.3) is 0 Å². The fraction of sp³-hybridized carbons (Fsp3) is 0.500. The smallest absolute Gasteiger partial charge is 0.154 e. The maximum Gasteiger partial charge on any atom is 0.154 e. The predicted molar refractivity (Wildman–Crippen MR) is 64.9 cm³/mol. The summed E-state index contributed by atoms with van der Waals surface area (Å²) < 4.78 is 48.9. The number of nitrogens with one attached hydrogen (secondary N) is 1. The van der Waals surface area contributed by atoms with Crippen molar-refractivity contribution in [2.24, 2.45) is 0 Å². The van der Waals surface area contributed by atoms with Gasteiger partial charge in [0, 0.05) is 19.2 Å². The van der Waals surface area contributed by atoms with Crippen LogP contribution in [0.15, 0.2) is 18.2 Å². The summed E-state index contributed by atoms with van der Waals surface area (Å²) >= 11 is 0. The Morgan fingerprint density at radius 2 is 1.89 bits per heavy atom. The fourth-order valence-electron chi connectivity index (χ4n) is 2.18. The molecule has 3 nitrogen and oxygen atoms in total. The summed E-state index contributed by atoms with van der Waals surface area (Å²) in [7, 11) is -2.97. The summed E-state index contributed by atoms with van der Waals surface area (Å²) in [5, 5.41) is 2.58. The molecule has 1 saturated heterocycles. The third kappa shape index (κ3) is 3.26. The molecule has 1 aromatic carbocycles. The number of hydrogen-bond acceptors (Lipinski definition) is 3. The lowest BCUT2D eigenvalue weighted by Crippen LogP contribution is -2.30. The van der Waals surface area contributed by atoms with Gasteiger partial charge in [0.05, 0.1) is 11.0 Å². The number of hydrogen-bond donors (Lipinski definition) is 1. The molecule has 2 rings (SSSR count). The maximum atomic E-state index is 12.9. The van der Waals surface area contributed by atoms with Gasteiger partial charge in [-0.2, -0.15) is 0 Å². The van der Waals surface area contributed by atoms with Gasteiger partial charge >= 0.3 is 0 Å². The Hall–Kier alpha value is -1.01. The largest absolute Gasteiger partial charge is 0.311 e. The average Bonchev–Trinajstić information content (AvgIpc) is 2.57. The molecule has 6 heteroatoms. The summed E-state index contributed by atoms with van der Waals surface area (Å²) in [6.07, 6.45) is 1.36. The molecule has 0 aromatic heterocycles. The highest BCUT2D eigenvalue weighted by atomic mass is 32.2. The first-order chi connectivity index (χ1) is 8.47. The van der Waals surface area contributed by atoms with E-state index in [4.69, 9.17) is 0 Å². The molecule has 0 spiro atoms. The van der Waals surface area contributed by atoms with Crippen molar-refractivity contribution in [1.29, 1.82) is 0 Å². The molecule has 1 atom stereocenters. The molecule has 100 valence electrons. The van der Waals surface area contributed by atoms with Crippen molar-refractivity contribution in [3.8, 4) is 0 Å².